The normalized spacial score (nSPS) is 28.4. The average Bonchev–Trinajstić information content (AvgIpc) is 3.23. The Kier molecular flexibility index (Phi) is 3.13. The van der Waals surface area contributed by atoms with Gasteiger partial charge in [-0.15, -0.1) is 0 Å². The van der Waals surface area contributed by atoms with Gasteiger partial charge in [0.2, 0.25) is 0 Å². The number of anilines is 1. The SMILES string of the molecule is N#CC1(c2ccc(N[C@@H]3CCNC[C@@H]3O)nc2)CC1. The van der Waals surface area contributed by atoms with E-state index in [9.17, 15) is 5.11 Å². The summed E-state index contributed by atoms with van der Waals surface area (Å²) < 4.78 is 0. The summed E-state index contributed by atoms with van der Waals surface area (Å²) in [6.07, 6.45) is 4.15. The molecule has 1 aliphatic carbocycles. The van der Waals surface area contributed by atoms with Gasteiger partial charge in [0.1, 0.15) is 5.82 Å². The number of aliphatic hydroxyl groups excluding tert-OH is 1. The van der Waals surface area contributed by atoms with Gasteiger partial charge < -0.3 is 15.7 Å². The molecule has 3 rings (SSSR count). The fourth-order valence-corrected chi connectivity index (χ4v) is 2.55. The Labute approximate surface area is 112 Å². The van der Waals surface area contributed by atoms with Crippen LogP contribution in [0.4, 0.5) is 5.82 Å². The average molecular weight is 258 g/mol. The van der Waals surface area contributed by atoms with E-state index < -0.39 is 0 Å². The third-order valence-electron chi connectivity index (χ3n) is 4.06. The lowest BCUT2D eigenvalue weighted by molar-refractivity contribution is 0.128. The Hall–Kier alpha value is -1.64. The van der Waals surface area contributed by atoms with E-state index in [1.54, 1.807) is 6.20 Å². The van der Waals surface area contributed by atoms with Crippen molar-refractivity contribution < 1.29 is 5.11 Å². The number of hydrogen-bond acceptors (Lipinski definition) is 5. The third kappa shape index (κ3) is 2.42. The van der Waals surface area contributed by atoms with Gasteiger partial charge in [0.15, 0.2) is 0 Å². The number of rotatable bonds is 3. The summed E-state index contributed by atoms with van der Waals surface area (Å²) in [6, 6.07) is 6.29. The zero-order valence-corrected chi connectivity index (χ0v) is 10.8. The maximum atomic E-state index is 9.87. The number of nitrogens with one attached hydrogen (secondary N) is 2. The van der Waals surface area contributed by atoms with Crippen LogP contribution < -0.4 is 10.6 Å². The van der Waals surface area contributed by atoms with E-state index >= 15 is 0 Å². The summed E-state index contributed by atoms with van der Waals surface area (Å²) in [5.74, 6) is 0.767. The minimum Gasteiger partial charge on any atom is -0.390 e. The van der Waals surface area contributed by atoms with Crippen LogP contribution in [0.3, 0.4) is 0 Å². The first-order valence-electron chi connectivity index (χ1n) is 6.77. The van der Waals surface area contributed by atoms with Crippen LogP contribution in [0.1, 0.15) is 24.8 Å². The Morgan fingerprint density at radius 3 is 2.89 bits per heavy atom. The molecule has 0 unspecified atom stereocenters. The first-order chi connectivity index (χ1) is 9.23. The van der Waals surface area contributed by atoms with Gasteiger partial charge in [0.05, 0.1) is 23.6 Å². The maximum Gasteiger partial charge on any atom is 0.126 e. The van der Waals surface area contributed by atoms with E-state index in [0.29, 0.717) is 6.54 Å². The van der Waals surface area contributed by atoms with Crippen LogP contribution in [0.2, 0.25) is 0 Å². The van der Waals surface area contributed by atoms with Crippen molar-refractivity contribution in [1.82, 2.24) is 10.3 Å². The number of aliphatic hydroxyl groups is 1. The predicted molar refractivity (Wildman–Crippen MR) is 71.7 cm³/mol. The molecule has 3 N–H and O–H groups in total. The second-order valence-electron chi connectivity index (χ2n) is 5.44. The molecule has 2 fully saturated rings. The predicted octanol–water partition coefficient (Wildman–Crippen LogP) is 0.771. The molecule has 2 atom stereocenters. The first kappa shape index (κ1) is 12.4. The molecule has 0 amide bonds. The van der Waals surface area contributed by atoms with E-state index in [1.807, 2.05) is 12.1 Å². The van der Waals surface area contributed by atoms with E-state index in [0.717, 1.165) is 37.2 Å². The second kappa shape index (κ2) is 4.80. The van der Waals surface area contributed by atoms with Crippen LogP contribution in [0.15, 0.2) is 18.3 Å². The van der Waals surface area contributed by atoms with Gasteiger partial charge in [0, 0.05) is 12.7 Å². The van der Waals surface area contributed by atoms with Crippen LogP contribution in [0.25, 0.3) is 0 Å². The van der Waals surface area contributed by atoms with Gasteiger partial charge in [-0.05, 0) is 37.4 Å². The zero-order valence-electron chi connectivity index (χ0n) is 10.8. The fourth-order valence-electron chi connectivity index (χ4n) is 2.55. The van der Waals surface area contributed by atoms with Crippen molar-refractivity contribution in [3.63, 3.8) is 0 Å². The van der Waals surface area contributed by atoms with Gasteiger partial charge in [-0.2, -0.15) is 5.26 Å². The highest BCUT2D eigenvalue weighted by Gasteiger charge is 2.45. The van der Waals surface area contributed by atoms with Crippen molar-refractivity contribution in [2.24, 2.45) is 0 Å². The smallest absolute Gasteiger partial charge is 0.126 e. The van der Waals surface area contributed by atoms with Crippen LogP contribution in [0, 0.1) is 11.3 Å². The summed E-state index contributed by atoms with van der Waals surface area (Å²) in [5.41, 5.74) is 0.728. The van der Waals surface area contributed by atoms with E-state index in [1.165, 1.54) is 0 Å². The van der Waals surface area contributed by atoms with E-state index in [4.69, 9.17) is 5.26 Å². The minimum absolute atomic E-state index is 0.0467. The molecule has 5 heteroatoms. The number of piperidine rings is 1. The van der Waals surface area contributed by atoms with Gasteiger partial charge >= 0.3 is 0 Å². The molecule has 100 valence electrons. The highest BCUT2D eigenvalue weighted by molar-refractivity contribution is 5.43. The van der Waals surface area contributed by atoms with Gasteiger partial charge in [-0.3, -0.25) is 0 Å². The first-order valence-corrected chi connectivity index (χ1v) is 6.77. The van der Waals surface area contributed by atoms with Crippen molar-refractivity contribution in [2.75, 3.05) is 18.4 Å². The summed E-state index contributed by atoms with van der Waals surface area (Å²) >= 11 is 0. The lowest BCUT2D eigenvalue weighted by Gasteiger charge is -2.29. The topological polar surface area (TPSA) is 81.0 Å². The van der Waals surface area contributed by atoms with Gasteiger partial charge in [0.25, 0.3) is 0 Å². The van der Waals surface area contributed by atoms with Crippen molar-refractivity contribution in [1.29, 1.82) is 5.26 Å². The van der Waals surface area contributed by atoms with E-state index in [2.05, 4.69) is 21.7 Å². The Morgan fingerprint density at radius 1 is 1.47 bits per heavy atom. The molecule has 1 aliphatic heterocycles. The number of aromatic nitrogens is 1. The Balaban J connectivity index is 1.68. The molecule has 19 heavy (non-hydrogen) atoms. The quantitative estimate of drug-likeness (QED) is 0.746. The highest BCUT2D eigenvalue weighted by atomic mass is 16.3. The number of hydrogen-bond donors (Lipinski definition) is 3. The van der Waals surface area contributed by atoms with Crippen molar-refractivity contribution >= 4 is 5.82 Å². The molecule has 0 spiro atoms. The largest absolute Gasteiger partial charge is 0.390 e. The van der Waals surface area contributed by atoms with Crippen LogP contribution in [-0.2, 0) is 5.41 Å². The maximum absolute atomic E-state index is 9.87. The summed E-state index contributed by atoms with van der Waals surface area (Å²) in [7, 11) is 0. The number of pyridine rings is 1. The third-order valence-corrected chi connectivity index (χ3v) is 4.06. The van der Waals surface area contributed by atoms with Crippen molar-refractivity contribution in [3.05, 3.63) is 23.9 Å². The summed E-state index contributed by atoms with van der Waals surface area (Å²) in [5, 5.41) is 25.4. The molecule has 2 heterocycles. The van der Waals surface area contributed by atoms with Crippen LogP contribution in [0.5, 0.6) is 0 Å². The van der Waals surface area contributed by atoms with Crippen molar-refractivity contribution in [3.8, 4) is 6.07 Å². The molecular formula is C14H18N4O. The van der Waals surface area contributed by atoms with Crippen molar-refractivity contribution in [2.45, 2.75) is 36.8 Å². The highest BCUT2D eigenvalue weighted by Crippen LogP contribution is 2.47. The second-order valence-corrected chi connectivity index (χ2v) is 5.44. The molecule has 5 nitrogen and oxygen atoms in total. The lowest BCUT2D eigenvalue weighted by atomic mass is 10.00. The minimum atomic E-state index is -0.385. The molecular weight excluding hydrogens is 240 g/mol. The molecule has 1 aromatic rings. The Bertz CT molecular complexity index is 489. The van der Waals surface area contributed by atoms with Crippen LogP contribution in [-0.4, -0.2) is 35.3 Å². The summed E-state index contributed by atoms with van der Waals surface area (Å²) in [6.45, 7) is 1.53. The number of nitrogens with zero attached hydrogens (tertiary/aromatic N) is 2. The summed E-state index contributed by atoms with van der Waals surface area (Å²) in [4.78, 5) is 4.37. The molecule has 2 aliphatic rings. The van der Waals surface area contributed by atoms with Gasteiger partial charge in [-0.1, -0.05) is 6.07 Å². The van der Waals surface area contributed by atoms with Gasteiger partial charge in [-0.25, -0.2) is 4.98 Å². The van der Waals surface area contributed by atoms with E-state index in [-0.39, 0.29) is 17.6 Å². The fraction of sp³-hybridized carbons (Fsp3) is 0.571. The molecule has 0 aromatic carbocycles. The number of β-amino-alcohol motifs (C(OH)–C–C–N with tert-alkyl or cyclic N) is 1. The molecule has 1 saturated heterocycles. The number of nitriles is 1. The van der Waals surface area contributed by atoms with Crippen LogP contribution >= 0.6 is 0 Å². The lowest BCUT2D eigenvalue weighted by Crippen LogP contribution is -2.47. The standard InChI is InChI=1S/C14H18N4O/c15-9-14(4-5-14)10-1-2-13(17-7-10)18-11-3-6-16-8-12(11)19/h1-2,7,11-12,16,19H,3-6,8H2,(H,17,18)/t11-,12+/m1/s1. The molecule has 0 bridgehead atoms. The molecule has 1 saturated carbocycles. The molecule has 0 radical (unpaired) electrons. The monoisotopic (exact) mass is 258 g/mol. The zero-order chi connectivity index (χ0) is 13.3. The molecule has 1 aromatic heterocycles. The Morgan fingerprint density at radius 2 is 2.32 bits per heavy atom.